The summed E-state index contributed by atoms with van der Waals surface area (Å²) in [5.41, 5.74) is 1.85. The van der Waals surface area contributed by atoms with Crippen molar-refractivity contribution in [3.8, 4) is 0 Å². The molecule has 0 atom stereocenters. The minimum Gasteiger partial charge on any atom is -0.399 e. The van der Waals surface area contributed by atoms with E-state index < -0.39 is 0 Å². The molecule has 0 spiro atoms. The second-order valence-electron chi connectivity index (χ2n) is 6.19. The van der Waals surface area contributed by atoms with Crippen LogP contribution in [0.15, 0.2) is 24.3 Å². The van der Waals surface area contributed by atoms with E-state index in [1.165, 1.54) is 5.56 Å². The van der Waals surface area contributed by atoms with Gasteiger partial charge in [0.15, 0.2) is 0 Å². The normalized spacial score (nSPS) is 20.8. The lowest BCUT2D eigenvalue weighted by atomic mass is 9.78. The Labute approximate surface area is 116 Å². The fourth-order valence-electron chi connectivity index (χ4n) is 2.14. The summed E-state index contributed by atoms with van der Waals surface area (Å²) in [6, 6.07) is 8.47. The molecule has 0 unspecified atom stereocenters. The van der Waals surface area contributed by atoms with Gasteiger partial charge in [-0.25, -0.2) is 0 Å². The summed E-state index contributed by atoms with van der Waals surface area (Å²) < 4.78 is 12.1. The van der Waals surface area contributed by atoms with Gasteiger partial charge in [-0.15, -0.1) is 0 Å². The van der Waals surface area contributed by atoms with Crippen molar-refractivity contribution in [3.05, 3.63) is 29.8 Å². The van der Waals surface area contributed by atoms with Crippen LogP contribution in [0.3, 0.4) is 0 Å². The molecular formula is C15H24BNO2. The van der Waals surface area contributed by atoms with E-state index in [4.69, 9.17) is 9.31 Å². The Kier molecular flexibility index (Phi) is 4.04. The zero-order chi connectivity index (χ0) is 14.1. The average molecular weight is 261 g/mol. The van der Waals surface area contributed by atoms with Crippen molar-refractivity contribution >= 4 is 12.6 Å². The molecule has 0 saturated carbocycles. The lowest BCUT2D eigenvalue weighted by Gasteiger charge is -2.32. The average Bonchev–Trinajstić information content (AvgIpc) is 2.56. The highest BCUT2D eigenvalue weighted by Gasteiger charge is 2.51. The molecule has 0 bridgehead atoms. The van der Waals surface area contributed by atoms with Crippen LogP contribution in [0.2, 0.25) is 0 Å². The van der Waals surface area contributed by atoms with E-state index in [9.17, 15) is 0 Å². The van der Waals surface area contributed by atoms with Gasteiger partial charge in [-0.3, -0.25) is 0 Å². The number of benzene rings is 1. The van der Waals surface area contributed by atoms with E-state index >= 15 is 0 Å². The highest BCUT2D eigenvalue weighted by molar-refractivity contribution is 6.62. The summed E-state index contributed by atoms with van der Waals surface area (Å²) in [5.74, 6) is 0. The van der Waals surface area contributed by atoms with Crippen LogP contribution >= 0.6 is 0 Å². The molecular weight excluding hydrogens is 237 g/mol. The molecule has 2 rings (SSSR count). The Hall–Kier alpha value is -0.835. The summed E-state index contributed by atoms with van der Waals surface area (Å²) in [4.78, 5) is 0. The molecule has 1 fully saturated rings. The molecule has 1 aliphatic heterocycles. The highest BCUT2D eigenvalue weighted by atomic mass is 16.7. The molecule has 1 aromatic rings. The van der Waals surface area contributed by atoms with Crippen LogP contribution in [-0.4, -0.2) is 31.9 Å². The molecule has 0 aliphatic carbocycles. The van der Waals surface area contributed by atoms with Crippen LogP contribution in [0.5, 0.6) is 0 Å². The second kappa shape index (κ2) is 5.27. The van der Waals surface area contributed by atoms with E-state index in [0.29, 0.717) is 0 Å². The van der Waals surface area contributed by atoms with E-state index in [1.54, 1.807) is 0 Å². The van der Waals surface area contributed by atoms with Gasteiger partial charge >= 0.3 is 7.12 Å². The van der Waals surface area contributed by atoms with Gasteiger partial charge in [0, 0.05) is 0 Å². The van der Waals surface area contributed by atoms with E-state index in [-0.39, 0.29) is 18.3 Å². The van der Waals surface area contributed by atoms with Crippen LogP contribution in [0.1, 0.15) is 33.3 Å². The van der Waals surface area contributed by atoms with Gasteiger partial charge in [-0.1, -0.05) is 24.3 Å². The van der Waals surface area contributed by atoms with Crippen molar-refractivity contribution in [3.63, 3.8) is 0 Å². The van der Waals surface area contributed by atoms with Crippen LogP contribution in [-0.2, 0) is 15.7 Å². The molecule has 1 saturated heterocycles. The molecule has 19 heavy (non-hydrogen) atoms. The van der Waals surface area contributed by atoms with Gasteiger partial charge in [0.1, 0.15) is 0 Å². The van der Waals surface area contributed by atoms with Crippen molar-refractivity contribution in [2.75, 3.05) is 13.6 Å². The molecule has 0 amide bonds. The molecule has 1 heterocycles. The first-order chi connectivity index (χ1) is 8.86. The third kappa shape index (κ3) is 3.02. The van der Waals surface area contributed by atoms with Crippen LogP contribution < -0.4 is 10.8 Å². The van der Waals surface area contributed by atoms with E-state index in [0.717, 1.165) is 18.4 Å². The Morgan fingerprint density at radius 3 is 2.32 bits per heavy atom. The van der Waals surface area contributed by atoms with Crippen molar-refractivity contribution in [2.45, 2.75) is 45.3 Å². The monoisotopic (exact) mass is 261 g/mol. The largest absolute Gasteiger partial charge is 0.494 e. The summed E-state index contributed by atoms with van der Waals surface area (Å²) in [5, 5.41) is 3.17. The molecule has 0 aromatic heterocycles. The zero-order valence-corrected chi connectivity index (χ0v) is 12.6. The molecule has 1 aliphatic rings. The Morgan fingerprint density at radius 2 is 1.74 bits per heavy atom. The summed E-state index contributed by atoms with van der Waals surface area (Å²) in [6.07, 6.45) is 1.02. The van der Waals surface area contributed by atoms with Crippen molar-refractivity contribution in [2.24, 2.45) is 0 Å². The molecule has 1 N–H and O–H groups in total. The summed E-state index contributed by atoms with van der Waals surface area (Å²) in [7, 11) is 1.71. The minimum absolute atomic E-state index is 0.264. The predicted octanol–water partition coefficient (Wildman–Crippen LogP) is 1.75. The van der Waals surface area contributed by atoms with Gasteiger partial charge in [0.2, 0.25) is 0 Å². The van der Waals surface area contributed by atoms with Crippen molar-refractivity contribution in [1.82, 2.24) is 5.32 Å². The predicted molar refractivity (Wildman–Crippen MR) is 79.8 cm³/mol. The van der Waals surface area contributed by atoms with Gasteiger partial charge in [-0.2, -0.15) is 0 Å². The Balaban J connectivity index is 2.15. The first-order valence-corrected chi connectivity index (χ1v) is 6.95. The number of hydrogen-bond acceptors (Lipinski definition) is 3. The number of nitrogens with one attached hydrogen (secondary N) is 1. The van der Waals surface area contributed by atoms with Crippen LogP contribution in [0.25, 0.3) is 0 Å². The number of rotatable bonds is 4. The fourth-order valence-corrected chi connectivity index (χ4v) is 2.14. The van der Waals surface area contributed by atoms with Gasteiger partial charge in [-0.05, 0) is 58.7 Å². The van der Waals surface area contributed by atoms with Crippen LogP contribution in [0.4, 0.5) is 0 Å². The third-order valence-corrected chi connectivity index (χ3v) is 4.14. The standard InChI is InChI=1S/C15H24BNO2/c1-14(2)15(3,4)19-16(18-14)13-8-6-7-12(11-13)9-10-17-5/h6-8,11,17H,9-10H2,1-5H3. The second-order valence-corrected chi connectivity index (χ2v) is 6.19. The van der Waals surface area contributed by atoms with Gasteiger partial charge in [0.25, 0.3) is 0 Å². The summed E-state index contributed by atoms with van der Waals surface area (Å²) in [6.45, 7) is 9.30. The molecule has 0 radical (unpaired) electrons. The first kappa shape index (κ1) is 14.6. The smallest absolute Gasteiger partial charge is 0.399 e. The maximum absolute atomic E-state index is 6.07. The topological polar surface area (TPSA) is 30.5 Å². The van der Waals surface area contributed by atoms with Crippen molar-refractivity contribution < 1.29 is 9.31 Å². The Morgan fingerprint density at radius 1 is 1.11 bits per heavy atom. The maximum Gasteiger partial charge on any atom is 0.494 e. The van der Waals surface area contributed by atoms with E-state index in [1.807, 2.05) is 7.05 Å². The van der Waals surface area contributed by atoms with E-state index in [2.05, 4.69) is 57.3 Å². The van der Waals surface area contributed by atoms with Crippen LogP contribution in [0, 0.1) is 0 Å². The molecule has 4 heteroatoms. The minimum atomic E-state index is -0.279. The molecule has 104 valence electrons. The zero-order valence-electron chi connectivity index (χ0n) is 12.6. The fraction of sp³-hybridized carbons (Fsp3) is 0.600. The first-order valence-electron chi connectivity index (χ1n) is 6.95. The lowest BCUT2D eigenvalue weighted by Crippen LogP contribution is -2.41. The Bertz CT molecular complexity index is 430. The quantitative estimate of drug-likeness (QED) is 0.837. The maximum atomic E-state index is 6.07. The molecule has 3 nitrogen and oxygen atoms in total. The third-order valence-electron chi connectivity index (χ3n) is 4.14. The van der Waals surface area contributed by atoms with Gasteiger partial charge in [0.05, 0.1) is 11.2 Å². The number of likely N-dealkylation sites (N-methyl/N-ethyl adjacent to an activating group) is 1. The number of hydrogen-bond donors (Lipinski definition) is 1. The van der Waals surface area contributed by atoms with Gasteiger partial charge < -0.3 is 14.6 Å². The highest BCUT2D eigenvalue weighted by Crippen LogP contribution is 2.36. The molecule has 1 aromatic carbocycles. The summed E-state index contributed by atoms with van der Waals surface area (Å²) >= 11 is 0. The van der Waals surface area contributed by atoms with Crippen molar-refractivity contribution in [1.29, 1.82) is 0 Å². The SMILES string of the molecule is CNCCc1cccc(B2OC(C)(C)C(C)(C)O2)c1. The lowest BCUT2D eigenvalue weighted by molar-refractivity contribution is 0.00578.